The van der Waals surface area contributed by atoms with E-state index in [1.165, 1.54) is 0 Å². The fourth-order valence-corrected chi connectivity index (χ4v) is 2.44. The van der Waals surface area contributed by atoms with Crippen LogP contribution in [0.25, 0.3) is 0 Å². The van der Waals surface area contributed by atoms with Gasteiger partial charge in [-0.3, -0.25) is 4.18 Å². The molecule has 1 rings (SSSR count). The highest BCUT2D eigenvalue weighted by atomic mass is 32.2. The van der Waals surface area contributed by atoms with Gasteiger partial charge in [-0.15, -0.1) is 0 Å². The van der Waals surface area contributed by atoms with Gasteiger partial charge in [0.15, 0.2) is 0 Å². The van der Waals surface area contributed by atoms with Crippen LogP contribution in [0.4, 0.5) is 5.69 Å². The molecular weight excluding hydrogens is 226 g/mol. The van der Waals surface area contributed by atoms with Crippen LogP contribution in [0.15, 0.2) is 24.3 Å². The Morgan fingerprint density at radius 3 is 2.31 bits per heavy atom. The van der Waals surface area contributed by atoms with E-state index in [-0.39, 0.29) is 11.9 Å². The quantitative estimate of drug-likeness (QED) is 0.629. The molecule has 90 valence electrons. The van der Waals surface area contributed by atoms with Gasteiger partial charge < -0.3 is 5.73 Å². The molecule has 0 atom stereocenters. The molecule has 0 aliphatic rings. The predicted octanol–water partition coefficient (Wildman–Crippen LogP) is 1.57. The summed E-state index contributed by atoms with van der Waals surface area (Å²) in [7, 11) is -3.42. The fraction of sp³-hybridized carbons (Fsp3) is 0.455. The van der Waals surface area contributed by atoms with Crippen LogP contribution in [-0.2, 0) is 20.7 Å². The minimum absolute atomic E-state index is 0.00486. The van der Waals surface area contributed by atoms with Crippen LogP contribution in [-0.4, -0.2) is 20.3 Å². The van der Waals surface area contributed by atoms with Gasteiger partial charge in [-0.05, 0) is 38.0 Å². The summed E-state index contributed by atoms with van der Waals surface area (Å²) in [6.07, 6.45) is 0.131. The molecule has 16 heavy (non-hydrogen) atoms. The van der Waals surface area contributed by atoms with Crippen molar-refractivity contribution < 1.29 is 12.6 Å². The summed E-state index contributed by atoms with van der Waals surface area (Å²) < 4.78 is 27.7. The Bertz CT molecular complexity index is 423. The zero-order valence-electron chi connectivity index (χ0n) is 9.51. The monoisotopic (exact) mass is 243 g/mol. The van der Waals surface area contributed by atoms with Gasteiger partial charge in [0.05, 0.1) is 11.9 Å². The molecule has 0 radical (unpaired) electrons. The van der Waals surface area contributed by atoms with E-state index in [0.717, 1.165) is 5.56 Å². The zero-order chi connectivity index (χ0) is 12.2. The summed E-state index contributed by atoms with van der Waals surface area (Å²) in [6.45, 7) is 3.39. The smallest absolute Gasteiger partial charge is 0.267 e. The van der Waals surface area contributed by atoms with Crippen molar-refractivity contribution in [3.8, 4) is 0 Å². The van der Waals surface area contributed by atoms with Gasteiger partial charge >= 0.3 is 0 Å². The van der Waals surface area contributed by atoms with E-state index >= 15 is 0 Å². The molecule has 0 aromatic heterocycles. The van der Waals surface area contributed by atoms with E-state index in [2.05, 4.69) is 0 Å². The molecule has 1 aromatic carbocycles. The Kier molecular flexibility index (Phi) is 4.32. The van der Waals surface area contributed by atoms with Crippen molar-refractivity contribution in [3.05, 3.63) is 29.8 Å². The minimum Gasteiger partial charge on any atom is -0.399 e. The molecule has 0 aliphatic heterocycles. The Labute approximate surface area is 96.5 Å². The van der Waals surface area contributed by atoms with Gasteiger partial charge in [0.2, 0.25) is 0 Å². The lowest BCUT2D eigenvalue weighted by atomic mass is 10.2. The van der Waals surface area contributed by atoms with Crippen LogP contribution in [0.1, 0.15) is 19.4 Å². The largest absolute Gasteiger partial charge is 0.399 e. The van der Waals surface area contributed by atoms with Gasteiger partial charge in [0, 0.05) is 5.69 Å². The van der Waals surface area contributed by atoms with Gasteiger partial charge in [-0.1, -0.05) is 12.1 Å². The fourth-order valence-electron chi connectivity index (χ4n) is 1.27. The maximum Gasteiger partial charge on any atom is 0.267 e. The van der Waals surface area contributed by atoms with Gasteiger partial charge in [0.1, 0.15) is 0 Å². The number of aryl methyl sites for hydroxylation is 1. The van der Waals surface area contributed by atoms with Crippen LogP contribution in [0, 0.1) is 0 Å². The van der Waals surface area contributed by atoms with E-state index in [1.807, 2.05) is 12.1 Å². The molecular formula is C11H17NO3S. The Hall–Kier alpha value is -1.07. The molecule has 0 aliphatic carbocycles. The van der Waals surface area contributed by atoms with Crippen LogP contribution < -0.4 is 5.73 Å². The topological polar surface area (TPSA) is 69.4 Å². The molecule has 0 bridgehead atoms. The van der Waals surface area contributed by atoms with E-state index < -0.39 is 10.1 Å². The third-order valence-corrected chi connectivity index (χ3v) is 3.34. The van der Waals surface area contributed by atoms with E-state index in [1.54, 1.807) is 26.0 Å². The number of hydrogen-bond acceptors (Lipinski definition) is 4. The average Bonchev–Trinajstić information content (AvgIpc) is 2.15. The van der Waals surface area contributed by atoms with Crippen LogP contribution in [0.3, 0.4) is 0 Å². The lowest BCUT2D eigenvalue weighted by molar-refractivity contribution is 0.249. The first-order chi connectivity index (χ1) is 7.39. The van der Waals surface area contributed by atoms with E-state index in [4.69, 9.17) is 9.92 Å². The number of nitrogens with two attached hydrogens (primary N) is 1. The molecule has 0 amide bonds. The number of benzene rings is 1. The van der Waals surface area contributed by atoms with Crippen molar-refractivity contribution in [2.75, 3.05) is 11.5 Å². The second-order valence-corrected chi connectivity index (χ2v) is 5.61. The first kappa shape index (κ1) is 13.0. The molecule has 0 saturated carbocycles. The summed E-state index contributed by atoms with van der Waals surface area (Å²) in [5.41, 5.74) is 7.14. The SMILES string of the molecule is CC(C)OS(=O)(=O)CCc1ccc(N)cc1. The Morgan fingerprint density at radius 1 is 1.25 bits per heavy atom. The summed E-state index contributed by atoms with van der Waals surface area (Å²) in [4.78, 5) is 0. The van der Waals surface area contributed by atoms with Crippen molar-refractivity contribution in [1.82, 2.24) is 0 Å². The molecule has 0 fully saturated rings. The first-order valence-electron chi connectivity index (χ1n) is 5.14. The molecule has 2 N–H and O–H groups in total. The third-order valence-electron chi connectivity index (χ3n) is 1.96. The van der Waals surface area contributed by atoms with E-state index in [9.17, 15) is 8.42 Å². The molecule has 1 aromatic rings. The molecule has 5 heteroatoms. The summed E-state index contributed by atoms with van der Waals surface area (Å²) in [6, 6.07) is 7.15. The lowest BCUT2D eigenvalue weighted by Crippen LogP contribution is -2.16. The van der Waals surface area contributed by atoms with Crippen molar-refractivity contribution >= 4 is 15.8 Å². The second-order valence-electron chi connectivity index (χ2n) is 3.90. The minimum atomic E-state index is -3.42. The highest BCUT2D eigenvalue weighted by Gasteiger charge is 2.13. The highest BCUT2D eigenvalue weighted by molar-refractivity contribution is 7.86. The van der Waals surface area contributed by atoms with Crippen molar-refractivity contribution in [2.45, 2.75) is 26.4 Å². The average molecular weight is 243 g/mol. The van der Waals surface area contributed by atoms with Crippen molar-refractivity contribution in [3.63, 3.8) is 0 Å². The normalized spacial score (nSPS) is 11.9. The maximum absolute atomic E-state index is 11.4. The Balaban J connectivity index is 2.54. The number of nitrogen functional groups attached to an aromatic ring is 1. The van der Waals surface area contributed by atoms with Crippen molar-refractivity contribution in [2.24, 2.45) is 0 Å². The molecule has 0 heterocycles. The second kappa shape index (κ2) is 5.32. The molecule has 4 nitrogen and oxygen atoms in total. The summed E-state index contributed by atoms with van der Waals surface area (Å²) in [5, 5.41) is 0. The number of hydrogen-bond donors (Lipinski definition) is 1. The van der Waals surface area contributed by atoms with Crippen molar-refractivity contribution in [1.29, 1.82) is 0 Å². The summed E-state index contributed by atoms with van der Waals surface area (Å²) in [5.74, 6) is -0.00486. The summed E-state index contributed by atoms with van der Waals surface area (Å²) >= 11 is 0. The molecule has 0 unspecified atom stereocenters. The first-order valence-corrected chi connectivity index (χ1v) is 6.72. The zero-order valence-corrected chi connectivity index (χ0v) is 10.3. The van der Waals surface area contributed by atoms with Crippen LogP contribution >= 0.6 is 0 Å². The van der Waals surface area contributed by atoms with Gasteiger partial charge in [-0.2, -0.15) is 8.42 Å². The standard InChI is InChI=1S/C11H17NO3S/c1-9(2)15-16(13,14)8-7-10-3-5-11(12)6-4-10/h3-6,9H,7-8,12H2,1-2H3. The van der Waals surface area contributed by atoms with E-state index in [0.29, 0.717) is 12.1 Å². The molecule has 0 spiro atoms. The maximum atomic E-state index is 11.4. The molecule has 0 saturated heterocycles. The van der Waals surface area contributed by atoms with Gasteiger partial charge in [-0.25, -0.2) is 0 Å². The lowest BCUT2D eigenvalue weighted by Gasteiger charge is -2.08. The van der Waals surface area contributed by atoms with Gasteiger partial charge in [0.25, 0.3) is 10.1 Å². The third kappa shape index (κ3) is 4.63. The van der Waals surface area contributed by atoms with Crippen LogP contribution in [0.2, 0.25) is 0 Å². The predicted molar refractivity (Wildman–Crippen MR) is 64.6 cm³/mol. The van der Waals surface area contributed by atoms with Crippen LogP contribution in [0.5, 0.6) is 0 Å². The number of rotatable bonds is 5. The highest BCUT2D eigenvalue weighted by Crippen LogP contribution is 2.08. The number of anilines is 1. The Morgan fingerprint density at radius 2 is 1.81 bits per heavy atom.